The van der Waals surface area contributed by atoms with Gasteiger partial charge in [-0.15, -0.1) is 0 Å². The van der Waals surface area contributed by atoms with E-state index in [-0.39, 0.29) is 5.92 Å². The minimum absolute atomic E-state index is 0.0254. The number of nitriles is 2. The Labute approximate surface area is 138 Å². The number of hydrogen-bond donors (Lipinski definition) is 0. The fourth-order valence-electron chi connectivity index (χ4n) is 2.75. The van der Waals surface area contributed by atoms with Crippen LogP contribution in [-0.4, -0.2) is 55.7 Å². The molecule has 0 saturated carbocycles. The molecule has 1 fully saturated rings. The van der Waals surface area contributed by atoms with E-state index < -0.39 is 0 Å². The quantitative estimate of drug-likeness (QED) is 0.736. The van der Waals surface area contributed by atoms with Crippen LogP contribution in [0.2, 0.25) is 0 Å². The van der Waals surface area contributed by atoms with Crippen molar-refractivity contribution in [2.75, 3.05) is 45.9 Å². The standard InChI is InChI=1S/C18H24N4O/c19-8-4-5-17(15-20)16-22-11-9-21(10-12-22)13-14-23-18-6-2-1-3-7-18/h1-3,6-7,17H,4-5,9-14,16H2. The summed E-state index contributed by atoms with van der Waals surface area (Å²) < 4.78 is 5.73. The van der Waals surface area contributed by atoms with Crippen LogP contribution in [0.3, 0.4) is 0 Å². The molecule has 1 aliphatic heterocycles. The zero-order chi connectivity index (χ0) is 16.3. The Hall–Kier alpha value is -2.08. The van der Waals surface area contributed by atoms with Crippen molar-refractivity contribution in [2.45, 2.75) is 12.8 Å². The van der Waals surface area contributed by atoms with Crippen LogP contribution in [0.4, 0.5) is 0 Å². The van der Waals surface area contributed by atoms with Crippen molar-refractivity contribution in [3.63, 3.8) is 0 Å². The summed E-state index contributed by atoms with van der Waals surface area (Å²) in [5.41, 5.74) is 0. The average Bonchev–Trinajstić information content (AvgIpc) is 2.61. The van der Waals surface area contributed by atoms with E-state index in [1.165, 1.54) is 0 Å². The Bertz CT molecular complexity index is 526. The van der Waals surface area contributed by atoms with Gasteiger partial charge < -0.3 is 4.74 Å². The van der Waals surface area contributed by atoms with Gasteiger partial charge >= 0.3 is 0 Å². The van der Waals surface area contributed by atoms with E-state index >= 15 is 0 Å². The largest absolute Gasteiger partial charge is 0.492 e. The third-order valence-electron chi connectivity index (χ3n) is 4.15. The summed E-state index contributed by atoms with van der Waals surface area (Å²) in [5.74, 6) is 0.892. The normalized spacial score (nSPS) is 17.1. The lowest BCUT2D eigenvalue weighted by atomic mass is 10.0. The lowest BCUT2D eigenvalue weighted by Gasteiger charge is -2.35. The highest BCUT2D eigenvalue weighted by Crippen LogP contribution is 2.11. The molecule has 5 heteroatoms. The van der Waals surface area contributed by atoms with E-state index in [2.05, 4.69) is 21.9 Å². The van der Waals surface area contributed by atoms with E-state index in [1.54, 1.807) is 0 Å². The molecule has 2 rings (SSSR count). The fourth-order valence-corrected chi connectivity index (χ4v) is 2.75. The summed E-state index contributed by atoms with van der Waals surface area (Å²) in [6.45, 7) is 6.40. The summed E-state index contributed by atoms with van der Waals surface area (Å²) >= 11 is 0. The molecule has 1 aliphatic rings. The monoisotopic (exact) mass is 312 g/mol. The van der Waals surface area contributed by atoms with Crippen molar-refractivity contribution in [1.29, 1.82) is 10.5 Å². The zero-order valence-electron chi connectivity index (χ0n) is 13.5. The molecule has 0 N–H and O–H groups in total. The second kappa shape index (κ2) is 9.84. The number of piperazine rings is 1. The van der Waals surface area contributed by atoms with Crippen LogP contribution in [0.25, 0.3) is 0 Å². The van der Waals surface area contributed by atoms with Gasteiger partial charge in [0.25, 0.3) is 0 Å². The second-order valence-corrected chi connectivity index (χ2v) is 5.83. The molecule has 0 bridgehead atoms. The number of hydrogen-bond acceptors (Lipinski definition) is 5. The Morgan fingerprint density at radius 2 is 1.74 bits per heavy atom. The highest BCUT2D eigenvalue weighted by molar-refractivity contribution is 5.20. The van der Waals surface area contributed by atoms with E-state index in [1.807, 2.05) is 30.3 Å². The van der Waals surface area contributed by atoms with Gasteiger partial charge in [0.2, 0.25) is 0 Å². The summed E-state index contributed by atoms with van der Waals surface area (Å²) in [4.78, 5) is 4.73. The molecule has 0 radical (unpaired) electrons. The van der Waals surface area contributed by atoms with Crippen molar-refractivity contribution in [1.82, 2.24) is 9.80 Å². The van der Waals surface area contributed by atoms with Crippen LogP contribution in [0, 0.1) is 28.6 Å². The van der Waals surface area contributed by atoms with Crippen LogP contribution >= 0.6 is 0 Å². The van der Waals surface area contributed by atoms with Gasteiger partial charge in [-0.25, -0.2) is 0 Å². The number of para-hydroxylation sites is 1. The van der Waals surface area contributed by atoms with Gasteiger partial charge in [0.1, 0.15) is 12.4 Å². The number of rotatable bonds is 8. The van der Waals surface area contributed by atoms with Gasteiger partial charge in [-0.2, -0.15) is 10.5 Å². The first-order valence-electron chi connectivity index (χ1n) is 8.21. The molecule has 1 aromatic rings. The Morgan fingerprint density at radius 3 is 2.39 bits per heavy atom. The van der Waals surface area contributed by atoms with Crippen molar-refractivity contribution in [3.8, 4) is 17.9 Å². The smallest absolute Gasteiger partial charge is 0.119 e. The van der Waals surface area contributed by atoms with Crippen LogP contribution in [0.15, 0.2) is 30.3 Å². The average molecular weight is 312 g/mol. The van der Waals surface area contributed by atoms with E-state index in [9.17, 15) is 0 Å². The number of benzene rings is 1. The lowest BCUT2D eigenvalue weighted by molar-refractivity contribution is 0.110. The third kappa shape index (κ3) is 6.28. The molecule has 0 spiro atoms. The Kier molecular flexibility index (Phi) is 7.39. The maximum atomic E-state index is 9.15. The number of ether oxygens (including phenoxy) is 1. The molecule has 1 unspecified atom stereocenters. The molecule has 1 aromatic carbocycles. The van der Waals surface area contributed by atoms with Gasteiger partial charge in [0, 0.05) is 45.7 Å². The van der Waals surface area contributed by atoms with Crippen molar-refractivity contribution < 1.29 is 4.74 Å². The molecular formula is C18H24N4O. The van der Waals surface area contributed by atoms with Gasteiger partial charge in [0.15, 0.2) is 0 Å². The van der Waals surface area contributed by atoms with Gasteiger partial charge in [-0.3, -0.25) is 9.80 Å². The minimum Gasteiger partial charge on any atom is -0.492 e. The molecule has 5 nitrogen and oxygen atoms in total. The topological polar surface area (TPSA) is 63.3 Å². The molecular weight excluding hydrogens is 288 g/mol. The molecule has 0 aliphatic carbocycles. The molecule has 1 atom stereocenters. The van der Waals surface area contributed by atoms with E-state index in [0.29, 0.717) is 19.4 Å². The van der Waals surface area contributed by atoms with E-state index in [4.69, 9.17) is 15.3 Å². The molecule has 122 valence electrons. The highest BCUT2D eigenvalue weighted by Gasteiger charge is 2.19. The summed E-state index contributed by atoms with van der Waals surface area (Å²) in [6.07, 6.45) is 1.15. The predicted octanol–water partition coefficient (Wildman–Crippen LogP) is 2.13. The first-order chi connectivity index (χ1) is 11.3. The van der Waals surface area contributed by atoms with E-state index in [0.717, 1.165) is 45.0 Å². The summed E-state index contributed by atoms with van der Waals surface area (Å²) in [7, 11) is 0. The van der Waals surface area contributed by atoms with Crippen LogP contribution in [-0.2, 0) is 0 Å². The van der Waals surface area contributed by atoms with Crippen LogP contribution in [0.1, 0.15) is 12.8 Å². The molecule has 23 heavy (non-hydrogen) atoms. The van der Waals surface area contributed by atoms with Gasteiger partial charge in [0.05, 0.1) is 18.1 Å². The SMILES string of the molecule is N#CCCC(C#N)CN1CCN(CCOc2ccccc2)CC1. The first-order valence-corrected chi connectivity index (χ1v) is 8.21. The maximum absolute atomic E-state index is 9.15. The maximum Gasteiger partial charge on any atom is 0.119 e. The highest BCUT2D eigenvalue weighted by atomic mass is 16.5. The van der Waals surface area contributed by atoms with Crippen LogP contribution in [0.5, 0.6) is 5.75 Å². The van der Waals surface area contributed by atoms with Gasteiger partial charge in [-0.05, 0) is 18.6 Å². The summed E-state index contributed by atoms with van der Waals surface area (Å²) in [6, 6.07) is 14.3. The summed E-state index contributed by atoms with van der Waals surface area (Å²) in [5, 5.41) is 17.8. The fraction of sp³-hybridized carbons (Fsp3) is 0.556. The van der Waals surface area contributed by atoms with Crippen molar-refractivity contribution >= 4 is 0 Å². The molecule has 0 aromatic heterocycles. The predicted molar refractivity (Wildman–Crippen MR) is 88.8 cm³/mol. The van der Waals surface area contributed by atoms with Crippen LogP contribution < -0.4 is 4.74 Å². The van der Waals surface area contributed by atoms with Gasteiger partial charge in [-0.1, -0.05) is 18.2 Å². The number of nitrogens with zero attached hydrogens (tertiary/aromatic N) is 4. The first kappa shape index (κ1) is 17.3. The molecule has 1 heterocycles. The van der Waals surface area contributed by atoms with Crippen molar-refractivity contribution in [2.24, 2.45) is 5.92 Å². The molecule has 1 saturated heterocycles. The second-order valence-electron chi connectivity index (χ2n) is 5.83. The minimum atomic E-state index is -0.0254. The van der Waals surface area contributed by atoms with Crippen molar-refractivity contribution in [3.05, 3.63) is 30.3 Å². The Balaban J connectivity index is 1.62. The zero-order valence-corrected chi connectivity index (χ0v) is 13.5. The third-order valence-corrected chi connectivity index (χ3v) is 4.15. The lowest BCUT2D eigenvalue weighted by Crippen LogP contribution is -2.48. The molecule has 0 amide bonds. The Morgan fingerprint density at radius 1 is 1.04 bits per heavy atom.